The molecule has 0 bridgehead atoms. The van der Waals surface area contributed by atoms with E-state index in [9.17, 15) is 9.18 Å². The molecule has 0 aliphatic heterocycles. The zero-order valence-electron chi connectivity index (χ0n) is 17.0. The third-order valence-corrected chi connectivity index (χ3v) is 5.61. The number of halogens is 2. The maximum absolute atomic E-state index is 13.3. The molecule has 1 amide bonds. The van der Waals surface area contributed by atoms with Gasteiger partial charge >= 0.3 is 0 Å². The van der Waals surface area contributed by atoms with Crippen LogP contribution in [-0.4, -0.2) is 12.5 Å². The Balaban J connectivity index is 1.67. The molecule has 0 fully saturated rings. The van der Waals surface area contributed by atoms with Gasteiger partial charge in [0.1, 0.15) is 22.9 Å². The summed E-state index contributed by atoms with van der Waals surface area (Å²) in [6, 6.07) is 8.05. The van der Waals surface area contributed by atoms with E-state index >= 15 is 0 Å². The third-order valence-electron chi connectivity index (χ3n) is 5.32. The Morgan fingerprint density at radius 1 is 1.27 bits per heavy atom. The Kier molecular flexibility index (Phi) is 5.82. The minimum absolute atomic E-state index is 0.0395. The molecule has 1 aromatic heterocycles. The predicted molar refractivity (Wildman–Crippen MR) is 118 cm³/mol. The van der Waals surface area contributed by atoms with Crippen molar-refractivity contribution in [1.82, 2.24) is 0 Å². The molecule has 3 aromatic rings. The average Bonchev–Trinajstić information content (AvgIpc) is 3.07. The number of anilines is 1. The van der Waals surface area contributed by atoms with Crippen LogP contribution in [0.25, 0.3) is 16.5 Å². The van der Waals surface area contributed by atoms with Crippen LogP contribution < -0.4 is 10.1 Å². The van der Waals surface area contributed by atoms with Crippen molar-refractivity contribution in [2.45, 2.75) is 39.5 Å². The Morgan fingerprint density at radius 3 is 2.83 bits per heavy atom. The van der Waals surface area contributed by atoms with E-state index in [4.69, 9.17) is 20.8 Å². The number of rotatable bonds is 5. The minimum atomic E-state index is -0.528. The van der Waals surface area contributed by atoms with Gasteiger partial charge in [0.05, 0.1) is 11.6 Å². The van der Waals surface area contributed by atoms with Gasteiger partial charge in [0.15, 0.2) is 0 Å². The Hall–Kier alpha value is -2.79. The molecule has 30 heavy (non-hydrogen) atoms. The number of nitrogens with one attached hydrogen (secondary N) is 1. The van der Waals surface area contributed by atoms with Crippen molar-refractivity contribution in [1.29, 1.82) is 0 Å². The van der Waals surface area contributed by atoms with Crippen LogP contribution in [0.4, 0.5) is 10.1 Å². The highest BCUT2D eigenvalue weighted by atomic mass is 35.5. The highest BCUT2D eigenvalue weighted by Gasteiger charge is 2.20. The van der Waals surface area contributed by atoms with Crippen LogP contribution in [0.15, 0.2) is 40.8 Å². The maximum atomic E-state index is 13.3. The lowest BCUT2D eigenvalue weighted by Crippen LogP contribution is -2.09. The summed E-state index contributed by atoms with van der Waals surface area (Å²) in [5, 5.41) is 3.76. The van der Waals surface area contributed by atoms with Crippen molar-refractivity contribution in [2.75, 3.05) is 11.9 Å². The topological polar surface area (TPSA) is 51.5 Å². The molecule has 0 unspecified atom stereocenters. The average molecular weight is 428 g/mol. The minimum Gasteiger partial charge on any atom is -0.493 e. The molecule has 4 rings (SSSR count). The number of amides is 1. The van der Waals surface area contributed by atoms with Gasteiger partial charge in [0, 0.05) is 40.8 Å². The first-order valence-electron chi connectivity index (χ1n) is 10.1. The molecule has 0 radical (unpaired) electrons. The summed E-state index contributed by atoms with van der Waals surface area (Å²) >= 11 is 5.79. The molecular weight excluding hydrogens is 405 g/mol. The van der Waals surface area contributed by atoms with Crippen LogP contribution >= 0.6 is 11.6 Å². The fraction of sp³-hybridized carbons (Fsp3) is 0.292. The fourth-order valence-electron chi connectivity index (χ4n) is 3.90. The number of ether oxygens (including phenoxy) is 1. The number of furan rings is 1. The molecule has 1 heterocycles. The Labute approximate surface area is 179 Å². The quantitative estimate of drug-likeness (QED) is 0.470. The van der Waals surface area contributed by atoms with Crippen LogP contribution in [0.1, 0.15) is 43.6 Å². The van der Waals surface area contributed by atoms with E-state index in [-0.39, 0.29) is 10.9 Å². The second-order valence-electron chi connectivity index (χ2n) is 7.43. The number of aryl methyl sites for hydroxylation is 2. The van der Waals surface area contributed by atoms with Crippen LogP contribution in [0, 0.1) is 5.82 Å². The maximum Gasteiger partial charge on any atom is 0.248 e. The van der Waals surface area contributed by atoms with Crippen molar-refractivity contribution < 1.29 is 18.3 Å². The largest absolute Gasteiger partial charge is 0.493 e. The summed E-state index contributed by atoms with van der Waals surface area (Å²) in [7, 11) is 0. The van der Waals surface area contributed by atoms with Crippen molar-refractivity contribution in [3.05, 3.63) is 64.1 Å². The summed E-state index contributed by atoms with van der Waals surface area (Å²) in [6.45, 7) is 4.30. The molecule has 2 aromatic carbocycles. The van der Waals surface area contributed by atoms with Crippen molar-refractivity contribution in [2.24, 2.45) is 0 Å². The van der Waals surface area contributed by atoms with Crippen molar-refractivity contribution in [3.63, 3.8) is 0 Å². The lowest BCUT2D eigenvalue weighted by molar-refractivity contribution is -0.111. The second-order valence-corrected chi connectivity index (χ2v) is 7.84. The SMILES string of the molecule is CCOc1cc2oc3c(c2cc1/C(C)=C/C(=O)Nc1ccc(F)c(Cl)c1)CCCC3. The lowest BCUT2D eigenvalue weighted by atomic mass is 9.94. The molecule has 156 valence electrons. The van der Waals surface area contributed by atoms with E-state index in [0.29, 0.717) is 18.0 Å². The van der Waals surface area contributed by atoms with Gasteiger partial charge in [-0.2, -0.15) is 0 Å². The molecule has 6 heteroatoms. The van der Waals surface area contributed by atoms with Gasteiger partial charge in [-0.05, 0) is 62.9 Å². The van der Waals surface area contributed by atoms with Gasteiger partial charge in [-0.15, -0.1) is 0 Å². The molecule has 0 saturated carbocycles. The van der Waals surface area contributed by atoms with E-state index in [0.717, 1.165) is 53.5 Å². The zero-order valence-corrected chi connectivity index (χ0v) is 17.7. The highest BCUT2D eigenvalue weighted by molar-refractivity contribution is 6.31. The van der Waals surface area contributed by atoms with E-state index in [1.807, 2.05) is 19.9 Å². The van der Waals surface area contributed by atoms with E-state index in [1.54, 1.807) is 0 Å². The fourth-order valence-corrected chi connectivity index (χ4v) is 4.08. The summed E-state index contributed by atoms with van der Waals surface area (Å²) in [5.41, 5.74) is 4.13. The number of carbonyl (C=O) groups is 1. The first-order valence-corrected chi connectivity index (χ1v) is 10.5. The smallest absolute Gasteiger partial charge is 0.248 e. The third kappa shape index (κ3) is 4.08. The summed E-state index contributed by atoms with van der Waals surface area (Å²) in [5.74, 6) is 0.886. The molecular formula is C24H23ClFNO3. The Morgan fingerprint density at radius 2 is 2.07 bits per heavy atom. The van der Waals surface area contributed by atoms with Gasteiger partial charge in [0.2, 0.25) is 5.91 Å². The van der Waals surface area contributed by atoms with Crippen molar-refractivity contribution >= 4 is 39.7 Å². The number of hydrogen-bond acceptors (Lipinski definition) is 3. The molecule has 4 nitrogen and oxygen atoms in total. The van der Waals surface area contributed by atoms with Crippen LogP contribution in [0.5, 0.6) is 5.75 Å². The number of hydrogen-bond donors (Lipinski definition) is 1. The Bertz CT molecular complexity index is 1150. The molecule has 0 saturated heterocycles. The number of benzene rings is 2. The number of allylic oxidation sites excluding steroid dienone is 1. The highest BCUT2D eigenvalue weighted by Crippen LogP contribution is 2.38. The summed E-state index contributed by atoms with van der Waals surface area (Å²) in [6.07, 6.45) is 5.77. The molecule has 0 spiro atoms. The lowest BCUT2D eigenvalue weighted by Gasteiger charge is -2.12. The predicted octanol–water partition coefficient (Wildman–Crippen LogP) is 6.54. The first-order chi connectivity index (χ1) is 14.5. The standard InChI is InChI=1S/C24H23ClFNO3/c1-3-29-22-13-23-18(16-6-4-5-7-21(16)30-23)12-17(22)14(2)10-24(28)27-15-8-9-20(26)19(25)11-15/h8-13H,3-7H2,1-2H3,(H,27,28)/b14-10+. The molecule has 1 aliphatic rings. The van der Waals surface area contributed by atoms with Crippen molar-refractivity contribution in [3.8, 4) is 5.75 Å². The van der Waals surface area contributed by atoms with Gasteiger partial charge in [0.25, 0.3) is 0 Å². The van der Waals surface area contributed by atoms with Gasteiger partial charge in [-0.1, -0.05) is 11.6 Å². The van der Waals surface area contributed by atoms with E-state index in [1.165, 1.54) is 29.8 Å². The number of carbonyl (C=O) groups excluding carboxylic acids is 1. The van der Waals surface area contributed by atoms with E-state index < -0.39 is 5.82 Å². The van der Waals surface area contributed by atoms with Crippen LogP contribution in [0.2, 0.25) is 5.02 Å². The molecule has 1 N–H and O–H groups in total. The summed E-state index contributed by atoms with van der Waals surface area (Å²) < 4.78 is 25.2. The molecule has 1 aliphatic carbocycles. The van der Waals surface area contributed by atoms with Crippen LogP contribution in [-0.2, 0) is 17.6 Å². The summed E-state index contributed by atoms with van der Waals surface area (Å²) in [4.78, 5) is 12.5. The second kappa shape index (κ2) is 8.52. The monoisotopic (exact) mass is 427 g/mol. The van der Waals surface area contributed by atoms with E-state index in [2.05, 4.69) is 11.4 Å². The van der Waals surface area contributed by atoms with Gasteiger partial charge in [-0.25, -0.2) is 4.39 Å². The van der Waals surface area contributed by atoms with Gasteiger partial charge in [-0.3, -0.25) is 4.79 Å². The first kappa shape index (κ1) is 20.5. The zero-order chi connectivity index (χ0) is 21.3. The molecule has 0 atom stereocenters. The normalized spacial score (nSPS) is 13.9. The van der Waals surface area contributed by atoms with Crippen LogP contribution in [0.3, 0.4) is 0 Å². The van der Waals surface area contributed by atoms with Gasteiger partial charge < -0.3 is 14.5 Å². The number of fused-ring (bicyclic) bond motifs is 3.